The van der Waals surface area contributed by atoms with Gasteiger partial charge in [0.25, 0.3) is 0 Å². The van der Waals surface area contributed by atoms with Crippen molar-refractivity contribution < 1.29 is 0 Å². The molecule has 0 aliphatic carbocycles. The predicted molar refractivity (Wildman–Crippen MR) is 38.5 cm³/mol. The van der Waals surface area contributed by atoms with Gasteiger partial charge in [-0.25, -0.2) is 9.97 Å². The molecule has 2 nitrogen and oxygen atoms in total. The standard InChI is InChI=1S/C5H5ClN2S/c1-4-2-3-7-5(8-4)9-6/h2-3H,1H3. The molecule has 0 saturated carbocycles. The zero-order valence-corrected chi connectivity index (χ0v) is 6.41. The molecule has 0 bridgehead atoms. The molecular weight excluding hydrogens is 156 g/mol. The Hall–Kier alpha value is -0.280. The fraction of sp³-hybridized carbons (Fsp3) is 0.200. The fourth-order valence-electron chi connectivity index (χ4n) is 0.463. The van der Waals surface area contributed by atoms with Crippen LogP contribution in [0.25, 0.3) is 0 Å². The number of aryl methyl sites for hydroxylation is 1. The second-order valence-corrected chi connectivity index (χ2v) is 2.54. The summed E-state index contributed by atoms with van der Waals surface area (Å²) < 4.78 is 0. The van der Waals surface area contributed by atoms with Crippen LogP contribution in [0.2, 0.25) is 0 Å². The van der Waals surface area contributed by atoms with Gasteiger partial charge >= 0.3 is 0 Å². The van der Waals surface area contributed by atoms with E-state index in [1.807, 2.05) is 13.0 Å². The fourth-order valence-corrected chi connectivity index (χ4v) is 0.965. The number of hydrogen-bond donors (Lipinski definition) is 0. The molecule has 0 N–H and O–H groups in total. The molecule has 0 spiro atoms. The topological polar surface area (TPSA) is 25.8 Å². The summed E-state index contributed by atoms with van der Waals surface area (Å²) in [5.41, 5.74) is 0.938. The van der Waals surface area contributed by atoms with Gasteiger partial charge in [0.15, 0.2) is 0 Å². The lowest BCUT2D eigenvalue weighted by Crippen LogP contribution is -1.84. The van der Waals surface area contributed by atoms with Gasteiger partial charge in [-0.3, -0.25) is 0 Å². The Labute approximate surface area is 62.2 Å². The van der Waals surface area contributed by atoms with Gasteiger partial charge in [-0.1, -0.05) is 0 Å². The van der Waals surface area contributed by atoms with Gasteiger partial charge in [-0.05, 0) is 23.7 Å². The van der Waals surface area contributed by atoms with Crippen molar-refractivity contribution in [2.75, 3.05) is 0 Å². The van der Waals surface area contributed by atoms with Gasteiger partial charge < -0.3 is 0 Å². The van der Waals surface area contributed by atoms with E-state index in [1.54, 1.807) is 6.20 Å². The van der Waals surface area contributed by atoms with Crippen molar-refractivity contribution in [1.82, 2.24) is 9.97 Å². The molecule has 0 aromatic carbocycles. The summed E-state index contributed by atoms with van der Waals surface area (Å²) in [6.07, 6.45) is 1.69. The van der Waals surface area contributed by atoms with Gasteiger partial charge in [0.2, 0.25) is 5.16 Å². The normalized spacial score (nSPS) is 9.56. The Balaban J connectivity index is 2.94. The molecule has 1 heterocycles. The Morgan fingerprint density at radius 2 is 2.44 bits per heavy atom. The lowest BCUT2D eigenvalue weighted by Gasteiger charge is -1.91. The number of hydrogen-bond acceptors (Lipinski definition) is 3. The summed E-state index contributed by atoms with van der Waals surface area (Å²) in [5, 5.41) is 0.608. The van der Waals surface area contributed by atoms with Crippen molar-refractivity contribution in [1.29, 1.82) is 0 Å². The predicted octanol–water partition coefficient (Wildman–Crippen LogP) is 2.03. The maximum Gasteiger partial charge on any atom is 0.203 e. The number of rotatable bonds is 1. The number of aromatic nitrogens is 2. The first-order valence-electron chi connectivity index (χ1n) is 2.41. The minimum atomic E-state index is 0.608. The van der Waals surface area contributed by atoms with E-state index in [9.17, 15) is 0 Å². The summed E-state index contributed by atoms with van der Waals surface area (Å²) in [4.78, 5) is 7.89. The molecule has 1 aromatic heterocycles. The molecule has 48 valence electrons. The molecule has 0 amide bonds. The van der Waals surface area contributed by atoms with E-state index < -0.39 is 0 Å². The maximum absolute atomic E-state index is 5.39. The summed E-state index contributed by atoms with van der Waals surface area (Å²) in [6, 6.07) is 1.83. The highest BCUT2D eigenvalue weighted by atomic mass is 35.7. The SMILES string of the molecule is Cc1ccnc(SCl)n1. The summed E-state index contributed by atoms with van der Waals surface area (Å²) in [7, 11) is 6.42. The van der Waals surface area contributed by atoms with Gasteiger partial charge in [-0.15, -0.1) is 0 Å². The lowest BCUT2D eigenvalue weighted by atomic mass is 10.5. The Morgan fingerprint density at radius 3 is 2.89 bits per heavy atom. The number of nitrogens with zero attached hydrogens (tertiary/aromatic N) is 2. The Kier molecular flexibility index (Phi) is 2.30. The minimum Gasteiger partial charge on any atom is -0.230 e. The van der Waals surface area contributed by atoms with Crippen molar-refractivity contribution in [2.45, 2.75) is 12.1 Å². The maximum atomic E-state index is 5.39. The van der Waals surface area contributed by atoms with Crippen molar-refractivity contribution in [2.24, 2.45) is 0 Å². The molecule has 1 aromatic rings. The zero-order valence-electron chi connectivity index (χ0n) is 4.84. The van der Waals surface area contributed by atoms with Crippen molar-refractivity contribution in [3.63, 3.8) is 0 Å². The molecule has 0 saturated heterocycles. The van der Waals surface area contributed by atoms with E-state index in [1.165, 1.54) is 0 Å². The molecule has 0 radical (unpaired) electrons. The smallest absolute Gasteiger partial charge is 0.203 e. The van der Waals surface area contributed by atoms with Crippen LogP contribution in [-0.2, 0) is 0 Å². The van der Waals surface area contributed by atoms with Crippen molar-refractivity contribution >= 4 is 21.7 Å². The van der Waals surface area contributed by atoms with Crippen molar-refractivity contribution in [3.8, 4) is 0 Å². The average molecular weight is 161 g/mol. The van der Waals surface area contributed by atoms with E-state index in [0.29, 0.717) is 5.16 Å². The summed E-state index contributed by atoms with van der Waals surface area (Å²) in [5.74, 6) is 0. The first-order chi connectivity index (χ1) is 4.33. The number of halogens is 1. The highest BCUT2D eigenvalue weighted by Gasteiger charge is 1.91. The first kappa shape index (κ1) is 6.83. The quantitative estimate of drug-likeness (QED) is 0.588. The summed E-state index contributed by atoms with van der Waals surface area (Å²) in [6.45, 7) is 1.90. The van der Waals surface area contributed by atoms with Crippen LogP contribution in [-0.4, -0.2) is 9.97 Å². The molecule has 4 heteroatoms. The van der Waals surface area contributed by atoms with Crippen LogP contribution in [0, 0.1) is 6.92 Å². The van der Waals surface area contributed by atoms with Crippen molar-refractivity contribution in [3.05, 3.63) is 18.0 Å². The van der Waals surface area contributed by atoms with E-state index in [0.717, 1.165) is 16.7 Å². The van der Waals surface area contributed by atoms with Gasteiger partial charge in [0, 0.05) is 22.9 Å². The second-order valence-electron chi connectivity index (χ2n) is 1.56. The minimum absolute atomic E-state index is 0.608. The molecule has 0 aliphatic rings. The monoisotopic (exact) mass is 160 g/mol. The zero-order chi connectivity index (χ0) is 6.69. The lowest BCUT2D eigenvalue weighted by molar-refractivity contribution is 0.937. The van der Waals surface area contributed by atoms with E-state index >= 15 is 0 Å². The van der Waals surface area contributed by atoms with Crippen LogP contribution < -0.4 is 0 Å². The van der Waals surface area contributed by atoms with Crippen LogP contribution in [0.4, 0.5) is 0 Å². The van der Waals surface area contributed by atoms with Gasteiger partial charge in [0.05, 0.1) is 0 Å². The van der Waals surface area contributed by atoms with Crippen LogP contribution in [0.5, 0.6) is 0 Å². The molecular formula is C5H5ClN2S. The molecule has 0 aliphatic heterocycles. The third-order valence-corrected chi connectivity index (χ3v) is 1.59. The first-order valence-corrected chi connectivity index (χ1v) is 4.05. The molecule has 1 rings (SSSR count). The van der Waals surface area contributed by atoms with E-state index in [-0.39, 0.29) is 0 Å². The molecule has 0 fully saturated rings. The van der Waals surface area contributed by atoms with Crippen LogP contribution in [0.1, 0.15) is 5.69 Å². The Bertz CT molecular complexity index is 204. The summed E-state index contributed by atoms with van der Waals surface area (Å²) >= 11 is 0. The molecule has 0 unspecified atom stereocenters. The van der Waals surface area contributed by atoms with Gasteiger partial charge in [-0.2, -0.15) is 0 Å². The molecule has 9 heavy (non-hydrogen) atoms. The molecule has 0 atom stereocenters. The van der Waals surface area contributed by atoms with Crippen LogP contribution >= 0.6 is 21.7 Å². The average Bonchev–Trinajstić information content (AvgIpc) is 1.88. The Morgan fingerprint density at radius 1 is 1.67 bits per heavy atom. The van der Waals surface area contributed by atoms with Crippen LogP contribution in [0.3, 0.4) is 0 Å². The highest BCUT2D eigenvalue weighted by molar-refractivity contribution is 8.21. The third kappa shape index (κ3) is 1.84. The van der Waals surface area contributed by atoms with Crippen LogP contribution in [0.15, 0.2) is 17.4 Å². The highest BCUT2D eigenvalue weighted by Crippen LogP contribution is 2.15. The van der Waals surface area contributed by atoms with E-state index in [2.05, 4.69) is 9.97 Å². The van der Waals surface area contributed by atoms with E-state index in [4.69, 9.17) is 10.7 Å². The third-order valence-electron chi connectivity index (χ3n) is 0.842. The van der Waals surface area contributed by atoms with Gasteiger partial charge in [0.1, 0.15) is 0 Å². The largest absolute Gasteiger partial charge is 0.230 e. The second kappa shape index (κ2) is 3.03.